The molecule has 4 nitrogen and oxygen atoms in total. The second-order valence-corrected chi connectivity index (χ2v) is 5.04. The van der Waals surface area contributed by atoms with Gasteiger partial charge in [0.25, 0.3) is 0 Å². The predicted molar refractivity (Wildman–Crippen MR) is 62.1 cm³/mol. The third-order valence-electron chi connectivity index (χ3n) is 3.07. The molecular formula is C12H23NO3. The van der Waals surface area contributed by atoms with Crippen LogP contribution < -0.4 is 0 Å². The van der Waals surface area contributed by atoms with Crippen LogP contribution in [0.3, 0.4) is 0 Å². The lowest BCUT2D eigenvalue weighted by molar-refractivity contribution is -0.138. The fourth-order valence-electron chi connectivity index (χ4n) is 2.30. The first-order valence-corrected chi connectivity index (χ1v) is 5.98. The zero-order chi connectivity index (χ0) is 12.2. The molecule has 4 heteroatoms. The number of carbonyl (C=O) groups is 1. The van der Waals surface area contributed by atoms with E-state index in [-0.39, 0.29) is 24.2 Å². The molecule has 1 rings (SSSR count). The smallest absolute Gasteiger partial charge is 0.219 e. The van der Waals surface area contributed by atoms with Crippen molar-refractivity contribution in [3.8, 4) is 0 Å². The summed E-state index contributed by atoms with van der Waals surface area (Å²) in [5.41, 5.74) is -0.143. The van der Waals surface area contributed by atoms with E-state index in [1.165, 1.54) is 0 Å². The summed E-state index contributed by atoms with van der Waals surface area (Å²) in [5.74, 6) is 0.0937. The molecule has 0 radical (unpaired) electrons. The zero-order valence-corrected chi connectivity index (χ0v) is 10.5. The molecule has 1 N–H and O–H groups in total. The fraction of sp³-hybridized carbons (Fsp3) is 0.917. The van der Waals surface area contributed by atoms with E-state index in [9.17, 15) is 4.79 Å². The van der Waals surface area contributed by atoms with E-state index in [0.717, 1.165) is 12.8 Å². The zero-order valence-electron chi connectivity index (χ0n) is 10.5. The molecule has 1 heterocycles. The van der Waals surface area contributed by atoms with E-state index >= 15 is 0 Å². The summed E-state index contributed by atoms with van der Waals surface area (Å²) < 4.78 is 5.64. The van der Waals surface area contributed by atoms with Crippen molar-refractivity contribution < 1.29 is 14.6 Å². The Kier molecular flexibility index (Phi) is 4.74. The molecule has 16 heavy (non-hydrogen) atoms. The summed E-state index contributed by atoms with van der Waals surface area (Å²) >= 11 is 0. The number of hydrogen-bond donors (Lipinski definition) is 1. The number of ether oxygens (including phenoxy) is 1. The van der Waals surface area contributed by atoms with Crippen molar-refractivity contribution in [3.05, 3.63) is 0 Å². The van der Waals surface area contributed by atoms with Crippen LogP contribution in [0.15, 0.2) is 0 Å². The van der Waals surface area contributed by atoms with E-state index in [1.807, 2.05) is 4.90 Å². The second-order valence-electron chi connectivity index (χ2n) is 5.04. The Labute approximate surface area is 97.6 Å². The fourth-order valence-corrected chi connectivity index (χ4v) is 2.30. The average Bonchev–Trinajstić information content (AvgIpc) is 2.16. The number of aliphatic hydroxyl groups excluding tert-OH is 1. The summed E-state index contributed by atoms with van der Waals surface area (Å²) in [6.45, 7) is 7.20. The molecular weight excluding hydrogens is 206 g/mol. The molecule has 1 saturated heterocycles. The molecule has 0 aliphatic carbocycles. The SMILES string of the molecule is CC(=O)N(CCCO)[C@@H]1CCOC(C)(C)C1. The van der Waals surface area contributed by atoms with E-state index in [4.69, 9.17) is 9.84 Å². The molecule has 0 aromatic carbocycles. The highest BCUT2D eigenvalue weighted by Gasteiger charge is 2.32. The number of rotatable bonds is 4. The van der Waals surface area contributed by atoms with Crippen LogP contribution in [0, 0.1) is 0 Å². The van der Waals surface area contributed by atoms with Gasteiger partial charge in [-0.25, -0.2) is 0 Å². The van der Waals surface area contributed by atoms with Crippen molar-refractivity contribution in [1.82, 2.24) is 4.90 Å². The predicted octanol–water partition coefficient (Wildman–Crippen LogP) is 1.17. The van der Waals surface area contributed by atoms with Crippen LogP contribution in [0.2, 0.25) is 0 Å². The Hall–Kier alpha value is -0.610. The van der Waals surface area contributed by atoms with Crippen molar-refractivity contribution in [3.63, 3.8) is 0 Å². The average molecular weight is 229 g/mol. The quantitative estimate of drug-likeness (QED) is 0.787. The Morgan fingerprint density at radius 3 is 2.75 bits per heavy atom. The Balaban J connectivity index is 2.59. The molecule has 0 unspecified atom stereocenters. The summed E-state index contributed by atoms with van der Waals surface area (Å²) in [6.07, 6.45) is 2.42. The minimum Gasteiger partial charge on any atom is -0.396 e. The number of aliphatic hydroxyl groups is 1. The van der Waals surface area contributed by atoms with Crippen LogP contribution in [-0.4, -0.2) is 47.3 Å². The normalized spacial score (nSPS) is 24.1. The third kappa shape index (κ3) is 3.76. The van der Waals surface area contributed by atoms with Crippen molar-refractivity contribution in [1.29, 1.82) is 0 Å². The van der Waals surface area contributed by atoms with Crippen molar-refractivity contribution in [2.45, 2.75) is 51.7 Å². The van der Waals surface area contributed by atoms with Gasteiger partial charge in [0.1, 0.15) is 0 Å². The maximum Gasteiger partial charge on any atom is 0.219 e. The van der Waals surface area contributed by atoms with Gasteiger partial charge in [0, 0.05) is 32.7 Å². The summed E-state index contributed by atoms with van der Waals surface area (Å²) in [5, 5.41) is 8.84. The molecule has 1 atom stereocenters. The van der Waals surface area contributed by atoms with E-state index in [0.29, 0.717) is 19.6 Å². The number of nitrogens with zero attached hydrogens (tertiary/aromatic N) is 1. The minimum absolute atomic E-state index is 0.0937. The van der Waals surface area contributed by atoms with Gasteiger partial charge in [-0.1, -0.05) is 0 Å². The van der Waals surface area contributed by atoms with Crippen LogP contribution in [-0.2, 0) is 9.53 Å². The van der Waals surface area contributed by atoms with Gasteiger partial charge in [-0.3, -0.25) is 4.79 Å². The van der Waals surface area contributed by atoms with Crippen molar-refractivity contribution in [2.75, 3.05) is 19.8 Å². The van der Waals surface area contributed by atoms with Crippen LogP contribution in [0.5, 0.6) is 0 Å². The van der Waals surface area contributed by atoms with Gasteiger partial charge < -0.3 is 14.7 Å². The van der Waals surface area contributed by atoms with Gasteiger partial charge in [-0.2, -0.15) is 0 Å². The van der Waals surface area contributed by atoms with Gasteiger partial charge >= 0.3 is 0 Å². The summed E-state index contributed by atoms with van der Waals surface area (Å²) in [6, 6.07) is 0.257. The summed E-state index contributed by atoms with van der Waals surface area (Å²) in [7, 11) is 0. The molecule has 0 aromatic rings. The molecule has 0 spiro atoms. The topological polar surface area (TPSA) is 49.8 Å². The van der Waals surface area contributed by atoms with E-state index in [1.54, 1.807) is 6.92 Å². The monoisotopic (exact) mass is 229 g/mol. The van der Waals surface area contributed by atoms with E-state index < -0.39 is 0 Å². The Morgan fingerprint density at radius 2 is 2.25 bits per heavy atom. The van der Waals surface area contributed by atoms with Gasteiger partial charge in [0.15, 0.2) is 0 Å². The molecule has 1 amide bonds. The lowest BCUT2D eigenvalue weighted by atomic mass is 9.92. The van der Waals surface area contributed by atoms with E-state index in [2.05, 4.69) is 13.8 Å². The molecule has 0 aromatic heterocycles. The molecule has 1 fully saturated rings. The molecule has 94 valence electrons. The highest BCUT2D eigenvalue weighted by molar-refractivity contribution is 5.73. The van der Waals surface area contributed by atoms with Gasteiger partial charge in [0.2, 0.25) is 5.91 Å². The van der Waals surface area contributed by atoms with Crippen LogP contribution in [0.25, 0.3) is 0 Å². The number of amides is 1. The highest BCUT2D eigenvalue weighted by Crippen LogP contribution is 2.27. The first-order valence-electron chi connectivity index (χ1n) is 5.98. The maximum absolute atomic E-state index is 11.6. The lowest BCUT2D eigenvalue weighted by Gasteiger charge is -2.41. The molecule has 0 saturated carbocycles. The summed E-state index contributed by atoms with van der Waals surface area (Å²) in [4.78, 5) is 13.4. The number of hydrogen-bond acceptors (Lipinski definition) is 3. The third-order valence-corrected chi connectivity index (χ3v) is 3.07. The van der Waals surface area contributed by atoms with Gasteiger partial charge in [-0.05, 0) is 33.1 Å². The molecule has 1 aliphatic rings. The Bertz CT molecular complexity index is 240. The van der Waals surface area contributed by atoms with Crippen LogP contribution in [0.4, 0.5) is 0 Å². The first-order chi connectivity index (χ1) is 7.46. The largest absolute Gasteiger partial charge is 0.396 e. The van der Waals surface area contributed by atoms with Crippen LogP contribution in [0.1, 0.15) is 40.0 Å². The first kappa shape index (κ1) is 13.5. The number of carbonyl (C=O) groups excluding carboxylic acids is 1. The highest BCUT2D eigenvalue weighted by atomic mass is 16.5. The van der Waals surface area contributed by atoms with Crippen LogP contribution >= 0.6 is 0 Å². The van der Waals surface area contributed by atoms with Crippen molar-refractivity contribution in [2.24, 2.45) is 0 Å². The lowest BCUT2D eigenvalue weighted by Crippen LogP contribution is -2.48. The maximum atomic E-state index is 11.6. The van der Waals surface area contributed by atoms with Gasteiger partial charge in [-0.15, -0.1) is 0 Å². The minimum atomic E-state index is -0.143. The molecule has 1 aliphatic heterocycles. The second kappa shape index (κ2) is 5.64. The van der Waals surface area contributed by atoms with Crippen molar-refractivity contribution >= 4 is 5.91 Å². The Morgan fingerprint density at radius 1 is 1.56 bits per heavy atom. The standard InChI is InChI=1S/C12H23NO3/c1-10(15)13(6-4-7-14)11-5-8-16-12(2,3)9-11/h11,14H,4-9H2,1-3H3/t11-/m1/s1. The van der Waals surface area contributed by atoms with Gasteiger partial charge in [0.05, 0.1) is 5.60 Å². The molecule has 0 bridgehead atoms.